The Kier molecular flexibility index (Phi) is 4.33. The second kappa shape index (κ2) is 6.73. The molecule has 0 aliphatic carbocycles. The van der Waals surface area contributed by atoms with Gasteiger partial charge in [-0.1, -0.05) is 30.3 Å². The lowest BCUT2D eigenvalue weighted by Crippen LogP contribution is -2.14. The van der Waals surface area contributed by atoms with Crippen molar-refractivity contribution in [3.8, 4) is 11.1 Å². The average molecular weight is 410 g/mol. The van der Waals surface area contributed by atoms with Crippen LogP contribution in [0.1, 0.15) is 20.7 Å². The number of fused-ring (bicyclic) bond motifs is 2. The number of benzene rings is 3. The maximum Gasteiger partial charge on any atom is 0.341 e. The molecular formula is C20H14N2O6S. The summed E-state index contributed by atoms with van der Waals surface area (Å²) in [6, 6.07) is 15.6. The van der Waals surface area contributed by atoms with Gasteiger partial charge >= 0.3 is 5.97 Å². The number of anilines is 1. The van der Waals surface area contributed by atoms with E-state index in [1.807, 2.05) is 0 Å². The topological polar surface area (TPSA) is 140 Å². The van der Waals surface area contributed by atoms with Gasteiger partial charge in [0.1, 0.15) is 16.8 Å². The fraction of sp³-hybridized carbons (Fsp3) is 0. The molecule has 4 rings (SSSR count). The molecular weight excluding hydrogens is 396 g/mol. The maximum absolute atomic E-state index is 12.6. The second-order valence-corrected chi connectivity index (χ2v) is 7.82. The zero-order valence-electron chi connectivity index (χ0n) is 14.7. The van der Waals surface area contributed by atoms with E-state index in [-0.39, 0.29) is 32.9 Å². The fourth-order valence-electron chi connectivity index (χ4n) is 3.13. The summed E-state index contributed by atoms with van der Waals surface area (Å²) in [6.07, 6.45) is 0. The first-order chi connectivity index (χ1) is 13.8. The predicted octanol–water partition coefficient (Wildman–Crippen LogP) is 3.14. The normalized spacial score (nSPS) is 11.6. The molecule has 0 spiro atoms. The minimum atomic E-state index is -3.91. The number of sulfonamides is 1. The molecule has 4 N–H and O–H groups in total. The van der Waals surface area contributed by atoms with Crippen molar-refractivity contribution in [2.24, 2.45) is 5.14 Å². The van der Waals surface area contributed by atoms with Crippen LogP contribution in [0.15, 0.2) is 70.0 Å². The summed E-state index contributed by atoms with van der Waals surface area (Å²) in [5.74, 6) is -1.73. The van der Waals surface area contributed by atoms with Gasteiger partial charge < -0.3 is 14.8 Å². The average Bonchev–Trinajstić information content (AvgIpc) is 3.29. The molecule has 2 heterocycles. The third-order valence-electron chi connectivity index (χ3n) is 4.45. The summed E-state index contributed by atoms with van der Waals surface area (Å²) in [6.45, 7) is 0. The summed E-state index contributed by atoms with van der Waals surface area (Å²) in [5.41, 5.74) is 1.68. The lowest BCUT2D eigenvalue weighted by atomic mass is 10.0. The molecule has 2 aromatic heterocycles. The third kappa shape index (κ3) is 3.33. The van der Waals surface area contributed by atoms with Crippen molar-refractivity contribution in [1.29, 1.82) is 0 Å². The number of furan rings is 2. The van der Waals surface area contributed by atoms with E-state index in [2.05, 4.69) is 5.32 Å². The Morgan fingerprint density at radius 2 is 1.59 bits per heavy atom. The van der Waals surface area contributed by atoms with Crippen molar-refractivity contribution in [3.05, 3.63) is 71.8 Å². The fourth-order valence-corrected chi connectivity index (χ4v) is 3.89. The van der Waals surface area contributed by atoms with Crippen LogP contribution < -0.4 is 10.5 Å². The number of rotatable bonds is 5. The van der Waals surface area contributed by atoms with Gasteiger partial charge in [0.25, 0.3) is 5.91 Å². The lowest BCUT2D eigenvalue weighted by molar-refractivity contribution is 0.0699. The Morgan fingerprint density at radius 1 is 0.931 bits per heavy atom. The van der Waals surface area contributed by atoms with Crippen LogP contribution in [0.5, 0.6) is 0 Å². The van der Waals surface area contributed by atoms with E-state index >= 15 is 0 Å². The molecule has 0 fully saturated rings. The summed E-state index contributed by atoms with van der Waals surface area (Å²) < 4.78 is 28.9. The third-order valence-corrected chi connectivity index (χ3v) is 5.42. The van der Waals surface area contributed by atoms with Gasteiger partial charge in [-0.3, -0.25) is 4.79 Å². The molecule has 9 heteroatoms. The number of carboxylic acids is 1. The van der Waals surface area contributed by atoms with E-state index in [0.717, 1.165) is 0 Å². The first-order valence-electron chi connectivity index (χ1n) is 8.37. The van der Waals surface area contributed by atoms with Crippen LogP contribution in [0.2, 0.25) is 0 Å². The molecule has 0 saturated carbocycles. The molecule has 0 unspecified atom stereocenters. The van der Waals surface area contributed by atoms with Gasteiger partial charge in [-0.15, -0.1) is 0 Å². The molecule has 0 radical (unpaired) electrons. The Labute approximate surface area is 164 Å². The highest BCUT2D eigenvalue weighted by Crippen LogP contribution is 2.34. The molecule has 0 saturated heterocycles. The predicted molar refractivity (Wildman–Crippen MR) is 106 cm³/mol. The summed E-state index contributed by atoms with van der Waals surface area (Å²) in [4.78, 5) is 24.0. The highest BCUT2D eigenvalue weighted by atomic mass is 32.2. The number of carbonyl (C=O) groups is 2. The van der Waals surface area contributed by atoms with Crippen LogP contribution in [0, 0.1) is 0 Å². The maximum atomic E-state index is 12.6. The van der Waals surface area contributed by atoms with Gasteiger partial charge in [-0.05, 0) is 35.9 Å². The van der Waals surface area contributed by atoms with E-state index in [1.165, 1.54) is 24.3 Å². The Balaban J connectivity index is 1.63. The number of carboxylic acid groups (broad SMARTS) is 1. The Morgan fingerprint density at radius 3 is 2.24 bits per heavy atom. The molecule has 29 heavy (non-hydrogen) atoms. The number of amides is 1. The van der Waals surface area contributed by atoms with E-state index in [1.54, 1.807) is 36.4 Å². The quantitative estimate of drug-likeness (QED) is 0.462. The lowest BCUT2D eigenvalue weighted by Gasteiger charge is -2.09. The highest BCUT2D eigenvalue weighted by molar-refractivity contribution is 7.89. The first-order valence-corrected chi connectivity index (χ1v) is 9.92. The van der Waals surface area contributed by atoms with E-state index in [4.69, 9.17) is 9.56 Å². The standard InChI is InChI=1S/C20H14N2O6S/c21-29(26,27)16-4-2-1-3-13(16)11-5-7-12(8-6-11)19(23)22-18-15-10-9-14(28-15)17(18)20(24)25/h1-10H,(H,22,23)(H,24,25)(H2,21,26,27). The monoisotopic (exact) mass is 410 g/mol. The number of nitrogens with two attached hydrogens (primary N) is 1. The molecule has 4 aromatic rings. The van der Waals surface area contributed by atoms with Crippen LogP contribution in [0.25, 0.3) is 22.3 Å². The SMILES string of the molecule is NS(=O)(=O)c1ccccc1-c1ccc(C(=O)Nc2c(C(=O)O)c3ccc2o3)cc1. The number of hydrogen-bond donors (Lipinski definition) is 3. The van der Waals surface area contributed by atoms with Gasteiger partial charge in [0.15, 0.2) is 5.58 Å². The second-order valence-electron chi connectivity index (χ2n) is 6.29. The number of carbonyl (C=O) groups excluding carboxylic acids is 1. The van der Waals surface area contributed by atoms with Crippen LogP contribution in [-0.4, -0.2) is 25.4 Å². The number of primary sulfonamides is 1. The van der Waals surface area contributed by atoms with E-state index in [9.17, 15) is 23.1 Å². The van der Waals surface area contributed by atoms with Gasteiger partial charge in [0, 0.05) is 11.1 Å². The molecule has 0 atom stereocenters. The minimum absolute atomic E-state index is 0.0206. The minimum Gasteiger partial charge on any atom is -0.477 e. The molecule has 2 bridgehead atoms. The summed E-state index contributed by atoms with van der Waals surface area (Å²) >= 11 is 0. The number of nitrogens with one attached hydrogen (secondary N) is 1. The van der Waals surface area contributed by atoms with Crippen molar-refractivity contribution in [3.63, 3.8) is 0 Å². The Bertz CT molecular complexity index is 1340. The Hall–Kier alpha value is -3.69. The number of aromatic carboxylic acids is 1. The van der Waals surface area contributed by atoms with Crippen molar-refractivity contribution < 1.29 is 27.5 Å². The van der Waals surface area contributed by atoms with E-state index in [0.29, 0.717) is 11.1 Å². The molecule has 146 valence electrons. The van der Waals surface area contributed by atoms with Crippen molar-refractivity contribution >= 4 is 38.8 Å². The van der Waals surface area contributed by atoms with Crippen molar-refractivity contribution in [1.82, 2.24) is 0 Å². The first kappa shape index (κ1) is 18.7. The number of hydrogen-bond acceptors (Lipinski definition) is 5. The van der Waals surface area contributed by atoms with Crippen LogP contribution in [0.4, 0.5) is 5.69 Å². The van der Waals surface area contributed by atoms with Crippen LogP contribution >= 0.6 is 0 Å². The molecule has 8 nitrogen and oxygen atoms in total. The van der Waals surface area contributed by atoms with Crippen LogP contribution in [-0.2, 0) is 10.0 Å². The smallest absolute Gasteiger partial charge is 0.341 e. The van der Waals surface area contributed by atoms with Crippen molar-refractivity contribution in [2.45, 2.75) is 4.90 Å². The molecule has 0 aliphatic heterocycles. The van der Waals surface area contributed by atoms with Gasteiger partial charge in [0.2, 0.25) is 10.0 Å². The largest absolute Gasteiger partial charge is 0.477 e. The summed E-state index contributed by atoms with van der Waals surface area (Å²) in [7, 11) is -3.91. The van der Waals surface area contributed by atoms with Crippen molar-refractivity contribution in [2.75, 3.05) is 5.32 Å². The molecule has 0 aliphatic rings. The molecule has 2 aromatic carbocycles. The van der Waals surface area contributed by atoms with Gasteiger partial charge in [-0.2, -0.15) is 0 Å². The van der Waals surface area contributed by atoms with Crippen LogP contribution in [0.3, 0.4) is 0 Å². The zero-order chi connectivity index (χ0) is 20.8. The molecule has 1 amide bonds. The van der Waals surface area contributed by atoms with E-state index < -0.39 is 21.9 Å². The van der Waals surface area contributed by atoms with Gasteiger partial charge in [-0.25, -0.2) is 18.4 Å². The highest BCUT2D eigenvalue weighted by Gasteiger charge is 2.24. The van der Waals surface area contributed by atoms with Gasteiger partial charge in [0.05, 0.1) is 4.90 Å². The summed E-state index contributed by atoms with van der Waals surface area (Å²) in [5, 5.41) is 17.2. The zero-order valence-corrected chi connectivity index (χ0v) is 15.6.